The molecule has 5 N–H and O–H groups in total. The van der Waals surface area contributed by atoms with Crippen LogP contribution < -0.4 is 0 Å². The lowest BCUT2D eigenvalue weighted by Gasteiger charge is -2.39. The molecule has 1 aliphatic heterocycles. The third kappa shape index (κ3) is 3.11. The Morgan fingerprint density at radius 1 is 0.947 bits per heavy atom. The van der Waals surface area contributed by atoms with Gasteiger partial charge >= 0.3 is 0 Å². The number of aliphatic hydroxyl groups excluding tert-OH is 5. The van der Waals surface area contributed by atoms with Crippen LogP contribution in [0.25, 0.3) is 0 Å². The zero-order valence-corrected chi connectivity index (χ0v) is 10.2. The molecule has 0 aliphatic carbocycles. The first-order valence-electron chi connectivity index (χ1n) is 6.11. The van der Waals surface area contributed by atoms with Gasteiger partial charge in [0.15, 0.2) is 6.29 Å². The fourth-order valence-corrected chi connectivity index (χ4v) is 2.16. The molecule has 0 aromatic heterocycles. The molecule has 0 radical (unpaired) electrons. The summed E-state index contributed by atoms with van der Waals surface area (Å²) < 4.78 is 5.01. The molecule has 0 bridgehead atoms. The summed E-state index contributed by atoms with van der Waals surface area (Å²) in [6.07, 6.45) is -7.84. The van der Waals surface area contributed by atoms with E-state index in [1.165, 1.54) is 0 Å². The van der Waals surface area contributed by atoms with E-state index in [-0.39, 0.29) is 6.42 Å². The molecule has 1 unspecified atom stereocenters. The van der Waals surface area contributed by atoms with E-state index in [2.05, 4.69) is 0 Å². The van der Waals surface area contributed by atoms with Crippen LogP contribution >= 0.6 is 0 Å². The number of ether oxygens (including phenoxy) is 1. The Kier molecular flexibility index (Phi) is 4.51. The van der Waals surface area contributed by atoms with Gasteiger partial charge in [-0.2, -0.15) is 0 Å². The summed E-state index contributed by atoms with van der Waals surface area (Å²) in [6.45, 7) is 0. The second-order valence-corrected chi connectivity index (χ2v) is 4.70. The predicted octanol–water partition coefficient (Wildman–Crippen LogP) is -1.09. The van der Waals surface area contributed by atoms with Gasteiger partial charge in [0.2, 0.25) is 0 Å². The Balaban J connectivity index is 2.02. The lowest BCUT2D eigenvalue weighted by atomic mass is 9.93. The fourth-order valence-electron chi connectivity index (χ4n) is 2.16. The minimum absolute atomic E-state index is 0.00597. The van der Waals surface area contributed by atoms with E-state index in [9.17, 15) is 25.5 Å². The molecule has 6 heteroatoms. The van der Waals surface area contributed by atoms with Crippen LogP contribution in [0.3, 0.4) is 0 Å². The van der Waals surface area contributed by atoms with Gasteiger partial charge in [0.1, 0.15) is 18.3 Å². The molecular formula is C13H18O6. The highest BCUT2D eigenvalue weighted by molar-refractivity contribution is 5.17. The summed E-state index contributed by atoms with van der Waals surface area (Å²) in [5, 5.41) is 48.1. The Hall–Kier alpha value is -1.02. The van der Waals surface area contributed by atoms with Gasteiger partial charge in [0.05, 0.1) is 12.2 Å². The van der Waals surface area contributed by atoms with Gasteiger partial charge in [-0.1, -0.05) is 30.3 Å². The van der Waals surface area contributed by atoms with E-state index < -0.39 is 36.8 Å². The Bertz CT molecular complexity index is 397. The van der Waals surface area contributed by atoms with Crippen molar-refractivity contribution in [1.29, 1.82) is 0 Å². The first-order valence-corrected chi connectivity index (χ1v) is 6.11. The summed E-state index contributed by atoms with van der Waals surface area (Å²) in [5.74, 6) is 0. The summed E-state index contributed by atoms with van der Waals surface area (Å²) >= 11 is 0. The van der Waals surface area contributed by atoms with E-state index in [0.29, 0.717) is 5.56 Å². The van der Waals surface area contributed by atoms with Crippen molar-refractivity contribution in [2.24, 2.45) is 0 Å². The van der Waals surface area contributed by atoms with Gasteiger partial charge in [-0.15, -0.1) is 0 Å². The second kappa shape index (κ2) is 5.96. The molecule has 6 atom stereocenters. The predicted molar refractivity (Wildman–Crippen MR) is 64.9 cm³/mol. The second-order valence-electron chi connectivity index (χ2n) is 4.70. The minimum atomic E-state index is -1.58. The highest BCUT2D eigenvalue weighted by Crippen LogP contribution is 2.27. The quantitative estimate of drug-likeness (QED) is 0.477. The van der Waals surface area contributed by atoms with Gasteiger partial charge in [-0.3, -0.25) is 0 Å². The van der Waals surface area contributed by atoms with Crippen LogP contribution in [0.2, 0.25) is 0 Å². The van der Waals surface area contributed by atoms with Crippen LogP contribution in [0, 0.1) is 0 Å². The average molecular weight is 270 g/mol. The maximum Gasteiger partial charge on any atom is 0.183 e. The van der Waals surface area contributed by atoms with Crippen LogP contribution in [-0.2, 0) is 4.74 Å². The summed E-state index contributed by atoms with van der Waals surface area (Å²) in [5.41, 5.74) is 0.647. The van der Waals surface area contributed by atoms with Crippen molar-refractivity contribution in [1.82, 2.24) is 0 Å². The maximum absolute atomic E-state index is 10.0. The molecule has 19 heavy (non-hydrogen) atoms. The number of aliphatic hydroxyl groups is 5. The number of rotatable bonds is 3. The van der Waals surface area contributed by atoms with Crippen LogP contribution in [0.15, 0.2) is 30.3 Å². The zero-order valence-electron chi connectivity index (χ0n) is 10.2. The maximum atomic E-state index is 10.0. The third-order valence-electron chi connectivity index (χ3n) is 3.33. The van der Waals surface area contributed by atoms with Crippen molar-refractivity contribution in [3.8, 4) is 0 Å². The molecule has 0 spiro atoms. The lowest BCUT2D eigenvalue weighted by Crippen LogP contribution is -2.57. The first kappa shape index (κ1) is 14.4. The molecule has 106 valence electrons. The third-order valence-corrected chi connectivity index (χ3v) is 3.33. The summed E-state index contributed by atoms with van der Waals surface area (Å²) in [4.78, 5) is 0. The molecule has 1 aromatic rings. The highest BCUT2D eigenvalue weighted by atomic mass is 16.6. The van der Waals surface area contributed by atoms with Crippen molar-refractivity contribution in [2.75, 3.05) is 0 Å². The van der Waals surface area contributed by atoms with Crippen molar-refractivity contribution < 1.29 is 30.3 Å². The normalized spacial score (nSPS) is 37.0. The number of hydrogen-bond donors (Lipinski definition) is 5. The van der Waals surface area contributed by atoms with E-state index in [1.54, 1.807) is 24.3 Å². The fraction of sp³-hybridized carbons (Fsp3) is 0.538. The summed E-state index contributed by atoms with van der Waals surface area (Å²) in [7, 11) is 0. The minimum Gasteiger partial charge on any atom is -0.388 e. The van der Waals surface area contributed by atoms with Gasteiger partial charge < -0.3 is 30.3 Å². The van der Waals surface area contributed by atoms with Crippen LogP contribution in [0.5, 0.6) is 0 Å². The highest BCUT2D eigenvalue weighted by Gasteiger charge is 2.43. The molecule has 1 saturated heterocycles. The lowest BCUT2D eigenvalue weighted by molar-refractivity contribution is -0.285. The van der Waals surface area contributed by atoms with E-state index in [0.717, 1.165) is 0 Å². The van der Waals surface area contributed by atoms with Gasteiger partial charge in [0, 0.05) is 6.42 Å². The van der Waals surface area contributed by atoms with Gasteiger partial charge in [0.25, 0.3) is 0 Å². The van der Waals surface area contributed by atoms with E-state index in [1.807, 2.05) is 6.07 Å². The Labute approximate surface area is 110 Å². The SMILES string of the molecule is OC(C[C@H]1O[C@@H](O)[C@@H](O)[C@H](O)[C@@H]1O)c1ccccc1. The Morgan fingerprint density at radius 2 is 1.58 bits per heavy atom. The molecule has 0 amide bonds. The van der Waals surface area contributed by atoms with Crippen LogP contribution in [0.1, 0.15) is 18.1 Å². The average Bonchev–Trinajstić information content (AvgIpc) is 2.43. The van der Waals surface area contributed by atoms with Gasteiger partial charge in [-0.25, -0.2) is 0 Å². The Morgan fingerprint density at radius 3 is 2.21 bits per heavy atom. The van der Waals surface area contributed by atoms with E-state index >= 15 is 0 Å². The molecule has 6 nitrogen and oxygen atoms in total. The molecule has 1 aliphatic rings. The van der Waals surface area contributed by atoms with Crippen molar-refractivity contribution in [3.05, 3.63) is 35.9 Å². The van der Waals surface area contributed by atoms with Crippen molar-refractivity contribution in [2.45, 2.75) is 43.2 Å². The number of hydrogen-bond acceptors (Lipinski definition) is 6. The van der Waals surface area contributed by atoms with Gasteiger partial charge in [-0.05, 0) is 5.56 Å². The molecule has 1 aromatic carbocycles. The molecule has 1 heterocycles. The van der Waals surface area contributed by atoms with Crippen LogP contribution in [-0.4, -0.2) is 56.2 Å². The van der Waals surface area contributed by atoms with E-state index in [4.69, 9.17) is 4.74 Å². The molecule has 2 rings (SSSR count). The van der Waals surface area contributed by atoms with Crippen molar-refractivity contribution >= 4 is 0 Å². The monoisotopic (exact) mass is 270 g/mol. The molecule has 0 saturated carbocycles. The largest absolute Gasteiger partial charge is 0.388 e. The molecular weight excluding hydrogens is 252 g/mol. The van der Waals surface area contributed by atoms with Crippen LogP contribution in [0.4, 0.5) is 0 Å². The number of benzene rings is 1. The topological polar surface area (TPSA) is 110 Å². The molecule has 1 fully saturated rings. The standard InChI is InChI=1S/C13H18O6/c14-8(7-4-2-1-3-5-7)6-9-10(15)11(16)12(17)13(18)19-9/h1-5,8-18H,6H2/t8?,9-,10-,11-,12+,13-/m1/s1. The smallest absolute Gasteiger partial charge is 0.183 e. The van der Waals surface area contributed by atoms with Crippen molar-refractivity contribution in [3.63, 3.8) is 0 Å². The first-order chi connectivity index (χ1) is 9.00. The zero-order chi connectivity index (χ0) is 14.0. The summed E-state index contributed by atoms with van der Waals surface area (Å²) in [6, 6.07) is 8.80.